The van der Waals surface area contributed by atoms with E-state index in [9.17, 15) is 9.90 Å². The summed E-state index contributed by atoms with van der Waals surface area (Å²) in [7, 11) is 1.54. The van der Waals surface area contributed by atoms with E-state index in [-0.39, 0.29) is 25.6 Å². The van der Waals surface area contributed by atoms with Gasteiger partial charge >= 0.3 is 0 Å². The molecule has 1 unspecified atom stereocenters. The molecule has 0 spiro atoms. The van der Waals surface area contributed by atoms with Gasteiger partial charge in [-0.15, -0.1) is 0 Å². The van der Waals surface area contributed by atoms with Gasteiger partial charge in [0.05, 0.1) is 18.8 Å². The molecule has 5 nitrogen and oxygen atoms in total. The van der Waals surface area contributed by atoms with Gasteiger partial charge in [0.2, 0.25) is 5.91 Å². The van der Waals surface area contributed by atoms with Crippen molar-refractivity contribution in [3.8, 4) is 0 Å². The van der Waals surface area contributed by atoms with Crippen LogP contribution in [0.4, 0.5) is 0 Å². The monoisotopic (exact) mass is 176 g/mol. The first-order chi connectivity index (χ1) is 5.52. The second kappa shape index (κ2) is 5.08. The normalized spacial score (nSPS) is 15.3. The van der Waals surface area contributed by atoms with Crippen molar-refractivity contribution >= 4 is 5.91 Å². The maximum atomic E-state index is 10.7. The highest BCUT2D eigenvalue weighted by Gasteiger charge is 2.18. The summed E-state index contributed by atoms with van der Waals surface area (Å²) in [5, 5.41) is 23.0. The first-order valence-corrected chi connectivity index (χ1v) is 3.76. The zero-order valence-corrected chi connectivity index (χ0v) is 7.42. The number of aliphatic hydroxyl groups excluding tert-OH is 1. The lowest BCUT2D eigenvalue weighted by Gasteiger charge is -2.20. The van der Waals surface area contributed by atoms with E-state index in [4.69, 9.17) is 5.11 Å². The predicted octanol–water partition coefficient (Wildman–Crippen LogP) is -1.93. The van der Waals surface area contributed by atoms with E-state index in [1.54, 1.807) is 0 Å². The number of likely N-dealkylation sites (N-methyl/N-ethyl adjacent to an activating group) is 1. The molecule has 0 radical (unpaired) electrons. The number of carbonyl (C=O) groups is 1. The van der Waals surface area contributed by atoms with Gasteiger partial charge < -0.3 is 20.8 Å². The highest BCUT2D eigenvalue weighted by molar-refractivity contribution is 5.77. The fourth-order valence-corrected chi connectivity index (χ4v) is 0.590. The van der Waals surface area contributed by atoms with Gasteiger partial charge in [0, 0.05) is 13.6 Å². The molecule has 4 N–H and O–H groups in total. The van der Waals surface area contributed by atoms with Crippen molar-refractivity contribution in [1.82, 2.24) is 10.6 Å². The maximum absolute atomic E-state index is 10.7. The molecule has 0 aliphatic rings. The lowest BCUT2D eigenvalue weighted by Crippen LogP contribution is -2.44. The summed E-state index contributed by atoms with van der Waals surface area (Å²) >= 11 is 0. The van der Waals surface area contributed by atoms with Crippen molar-refractivity contribution in [3.05, 3.63) is 0 Å². The number of aliphatic hydroxyl groups is 2. The van der Waals surface area contributed by atoms with Gasteiger partial charge in [0.25, 0.3) is 0 Å². The molecule has 0 saturated heterocycles. The van der Waals surface area contributed by atoms with Crippen LogP contribution in [0.15, 0.2) is 0 Å². The zero-order valence-electron chi connectivity index (χ0n) is 7.42. The number of nitrogens with one attached hydrogen (secondary N) is 2. The Labute approximate surface area is 71.8 Å². The first-order valence-electron chi connectivity index (χ1n) is 3.76. The topological polar surface area (TPSA) is 81.6 Å². The van der Waals surface area contributed by atoms with E-state index in [1.807, 2.05) is 0 Å². The Morgan fingerprint density at radius 1 is 1.58 bits per heavy atom. The summed E-state index contributed by atoms with van der Waals surface area (Å²) in [5.74, 6) is -0.149. The summed E-state index contributed by atoms with van der Waals surface area (Å²) < 4.78 is 0. The molecule has 1 amide bonds. The molecule has 0 bridgehead atoms. The third kappa shape index (κ3) is 5.06. The molecule has 0 aromatic heterocycles. The minimum atomic E-state index is -1.16. The van der Waals surface area contributed by atoms with E-state index < -0.39 is 5.60 Å². The molecule has 0 aromatic carbocycles. The molecule has 0 aromatic rings. The summed E-state index contributed by atoms with van der Waals surface area (Å²) in [4.78, 5) is 10.7. The van der Waals surface area contributed by atoms with Crippen LogP contribution in [0.5, 0.6) is 0 Å². The Morgan fingerprint density at radius 2 is 2.17 bits per heavy atom. The Hall–Kier alpha value is -0.650. The molecule has 0 rings (SSSR count). The minimum absolute atomic E-state index is 0.145. The highest BCUT2D eigenvalue weighted by atomic mass is 16.3. The van der Waals surface area contributed by atoms with Crippen LogP contribution in [0, 0.1) is 0 Å². The van der Waals surface area contributed by atoms with E-state index in [0.29, 0.717) is 0 Å². The van der Waals surface area contributed by atoms with Crippen molar-refractivity contribution in [1.29, 1.82) is 0 Å². The van der Waals surface area contributed by atoms with Gasteiger partial charge in [0.15, 0.2) is 0 Å². The fraction of sp³-hybridized carbons (Fsp3) is 0.857. The van der Waals surface area contributed by atoms with Gasteiger partial charge in [-0.2, -0.15) is 0 Å². The second-order valence-electron chi connectivity index (χ2n) is 2.93. The van der Waals surface area contributed by atoms with Crippen molar-refractivity contribution in [2.45, 2.75) is 12.5 Å². The van der Waals surface area contributed by atoms with Crippen LogP contribution < -0.4 is 10.6 Å². The Morgan fingerprint density at radius 3 is 2.58 bits per heavy atom. The summed E-state index contributed by atoms with van der Waals surface area (Å²) in [6, 6.07) is 0. The lowest BCUT2D eigenvalue weighted by atomic mass is 10.1. The third-order valence-corrected chi connectivity index (χ3v) is 1.41. The average molecular weight is 176 g/mol. The van der Waals surface area contributed by atoms with Gasteiger partial charge in [-0.3, -0.25) is 4.79 Å². The van der Waals surface area contributed by atoms with Crippen LogP contribution in [0.2, 0.25) is 0 Å². The van der Waals surface area contributed by atoms with E-state index in [2.05, 4.69) is 10.6 Å². The van der Waals surface area contributed by atoms with E-state index in [1.165, 1.54) is 14.0 Å². The van der Waals surface area contributed by atoms with Crippen LogP contribution in [0.3, 0.4) is 0 Å². The molecular formula is C7H16N2O3. The SMILES string of the molecule is CNC(=O)CNCC(C)(O)CO. The number of hydrogen-bond acceptors (Lipinski definition) is 4. The van der Waals surface area contributed by atoms with Gasteiger partial charge in [-0.1, -0.05) is 0 Å². The number of rotatable bonds is 5. The molecular weight excluding hydrogens is 160 g/mol. The van der Waals surface area contributed by atoms with Gasteiger partial charge in [0.1, 0.15) is 0 Å². The minimum Gasteiger partial charge on any atom is -0.393 e. The van der Waals surface area contributed by atoms with Gasteiger partial charge in [-0.25, -0.2) is 0 Å². The summed E-state index contributed by atoms with van der Waals surface area (Å²) in [5.41, 5.74) is -1.16. The zero-order chi connectivity index (χ0) is 9.61. The number of hydrogen-bond donors (Lipinski definition) is 4. The van der Waals surface area contributed by atoms with Crippen molar-refractivity contribution < 1.29 is 15.0 Å². The quantitative estimate of drug-likeness (QED) is 0.393. The summed E-state index contributed by atoms with van der Waals surface area (Å²) in [6.45, 7) is 1.50. The van der Waals surface area contributed by atoms with Crippen molar-refractivity contribution in [3.63, 3.8) is 0 Å². The van der Waals surface area contributed by atoms with Crippen LogP contribution in [-0.2, 0) is 4.79 Å². The second-order valence-corrected chi connectivity index (χ2v) is 2.93. The fourth-order valence-electron chi connectivity index (χ4n) is 0.590. The first kappa shape index (κ1) is 11.4. The summed E-state index contributed by atoms with van der Waals surface area (Å²) in [6.07, 6.45) is 0. The number of carbonyl (C=O) groups excluding carboxylic acids is 1. The van der Waals surface area contributed by atoms with Crippen LogP contribution in [0.25, 0.3) is 0 Å². The molecule has 1 atom stereocenters. The third-order valence-electron chi connectivity index (χ3n) is 1.41. The standard InChI is InChI=1S/C7H16N2O3/c1-7(12,5-10)4-9-3-6(11)8-2/h9-10,12H,3-5H2,1-2H3,(H,8,11). The smallest absolute Gasteiger partial charge is 0.233 e. The van der Waals surface area contributed by atoms with Crippen LogP contribution in [-0.4, -0.2) is 48.5 Å². The molecule has 0 fully saturated rings. The van der Waals surface area contributed by atoms with Crippen molar-refractivity contribution in [2.75, 3.05) is 26.7 Å². The molecule has 0 aliphatic heterocycles. The predicted molar refractivity (Wildman–Crippen MR) is 44.6 cm³/mol. The highest BCUT2D eigenvalue weighted by Crippen LogP contribution is 1.97. The van der Waals surface area contributed by atoms with Crippen LogP contribution in [0.1, 0.15) is 6.92 Å². The lowest BCUT2D eigenvalue weighted by molar-refractivity contribution is -0.119. The molecule has 0 aliphatic carbocycles. The van der Waals surface area contributed by atoms with E-state index in [0.717, 1.165) is 0 Å². The molecule has 0 heterocycles. The van der Waals surface area contributed by atoms with Gasteiger partial charge in [-0.05, 0) is 6.92 Å². The molecule has 12 heavy (non-hydrogen) atoms. The molecule has 72 valence electrons. The molecule has 5 heteroatoms. The number of amides is 1. The average Bonchev–Trinajstić information content (AvgIpc) is 2.04. The molecule has 0 saturated carbocycles. The van der Waals surface area contributed by atoms with Crippen LogP contribution >= 0.6 is 0 Å². The Kier molecular flexibility index (Phi) is 4.80. The largest absolute Gasteiger partial charge is 0.393 e. The van der Waals surface area contributed by atoms with Crippen molar-refractivity contribution in [2.24, 2.45) is 0 Å². The Balaban J connectivity index is 3.49. The van der Waals surface area contributed by atoms with E-state index >= 15 is 0 Å². The maximum Gasteiger partial charge on any atom is 0.233 e. The Bertz CT molecular complexity index is 148.